The van der Waals surface area contributed by atoms with E-state index < -0.39 is 27.6 Å². The highest BCUT2D eigenvalue weighted by Crippen LogP contribution is 2.30. The second-order valence-electron chi connectivity index (χ2n) is 4.86. The van der Waals surface area contributed by atoms with Crippen LogP contribution in [0.3, 0.4) is 0 Å². The van der Waals surface area contributed by atoms with Gasteiger partial charge >= 0.3 is 6.18 Å². The standard InChI is InChI=1S/C13H18F3NO2S/c1-3-9(2)12(17)8-20(18,19)11-6-4-5-10(7-11)13(14,15)16/h4-7,9,12H,3,8,17H2,1-2H3. The van der Waals surface area contributed by atoms with Crippen LogP contribution in [-0.2, 0) is 16.0 Å². The summed E-state index contributed by atoms with van der Waals surface area (Å²) in [6.45, 7) is 3.69. The number of halogens is 3. The molecule has 0 bridgehead atoms. The van der Waals surface area contributed by atoms with Gasteiger partial charge in [-0.1, -0.05) is 26.3 Å². The van der Waals surface area contributed by atoms with Gasteiger partial charge in [-0.05, 0) is 24.1 Å². The van der Waals surface area contributed by atoms with Crippen LogP contribution in [-0.4, -0.2) is 20.2 Å². The van der Waals surface area contributed by atoms with Gasteiger partial charge in [-0.25, -0.2) is 8.42 Å². The molecule has 0 aliphatic carbocycles. The topological polar surface area (TPSA) is 60.2 Å². The first-order chi connectivity index (χ1) is 9.08. The van der Waals surface area contributed by atoms with Crippen LogP contribution in [0.2, 0.25) is 0 Å². The van der Waals surface area contributed by atoms with Gasteiger partial charge in [0.2, 0.25) is 0 Å². The fourth-order valence-corrected chi connectivity index (χ4v) is 3.30. The van der Waals surface area contributed by atoms with Crippen LogP contribution in [0.1, 0.15) is 25.8 Å². The Morgan fingerprint density at radius 3 is 2.40 bits per heavy atom. The molecule has 0 fully saturated rings. The van der Waals surface area contributed by atoms with Crippen molar-refractivity contribution in [3.63, 3.8) is 0 Å². The summed E-state index contributed by atoms with van der Waals surface area (Å²) >= 11 is 0. The lowest BCUT2D eigenvalue weighted by atomic mass is 10.0. The molecule has 0 heterocycles. The van der Waals surface area contributed by atoms with E-state index in [1.54, 1.807) is 0 Å². The number of benzene rings is 1. The number of rotatable bonds is 5. The second-order valence-corrected chi connectivity index (χ2v) is 6.89. The smallest absolute Gasteiger partial charge is 0.327 e. The molecule has 0 radical (unpaired) electrons. The van der Waals surface area contributed by atoms with E-state index in [0.29, 0.717) is 12.5 Å². The Morgan fingerprint density at radius 1 is 1.30 bits per heavy atom. The average Bonchev–Trinajstić information content (AvgIpc) is 2.36. The van der Waals surface area contributed by atoms with Crippen LogP contribution >= 0.6 is 0 Å². The molecule has 0 saturated heterocycles. The van der Waals surface area contributed by atoms with E-state index in [9.17, 15) is 21.6 Å². The van der Waals surface area contributed by atoms with Gasteiger partial charge in [-0.2, -0.15) is 13.2 Å². The molecule has 2 N–H and O–H groups in total. The van der Waals surface area contributed by atoms with Gasteiger partial charge in [0.05, 0.1) is 16.2 Å². The van der Waals surface area contributed by atoms with E-state index in [-0.39, 0.29) is 16.6 Å². The van der Waals surface area contributed by atoms with Crippen LogP contribution < -0.4 is 5.73 Å². The normalized spacial score (nSPS) is 15.9. The van der Waals surface area contributed by atoms with Gasteiger partial charge in [-0.3, -0.25) is 0 Å². The van der Waals surface area contributed by atoms with E-state index in [4.69, 9.17) is 5.73 Å². The Balaban J connectivity index is 3.05. The number of hydrogen-bond donors (Lipinski definition) is 1. The molecule has 2 atom stereocenters. The van der Waals surface area contributed by atoms with E-state index in [1.165, 1.54) is 0 Å². The molecular weight excluding hydrogens is 291 g/mol. The van der Waals surface area contributed by atoms with Crippen molar-refractivity contribution in [2.24, 2.45) is 11.7 Å². The maximum absolute atomic E-state index is 12.6. The van der Waals surface area contributed by atoms with E-state index >= 15 is 0 Å². The molecule has 2 unspecified atom stereocenters. The lowest BCUT2D eigenvalue weighted by Crippen LogP contribution is -2.35. The van der Waals surface area contributed by atoms with Crippen molar-refractivity contribution in [3.05, 3.63) is 29.8 Å². The molecule has 7 heteroatoms. The van der Waals surface area contributed by atoms with Gasteiger partial charge < -0.3 is 5.73 Å². The number of sulfone groups is 1. The van der Waals surface area contributed by atoms with Gasteiger partial charge in [-0.15, -0.1) is 0 Å². The Labute approximate surface area is 116 Å². The summed E-state index contributed by atoms with van der Waals surface area (Å²) in [4.78, 5) is -0.342. The average molecular weight is 309 g/mol. The summed E-state index contributed by atoms with van der Waals surface area (Å²) in [7, 11) is -3.82. The van der Waals surface area contributed by atoms with Crippen molar-refractivity contribution >= 4 is 9.84 Å². The summed E-state index contributed by atoms with van der Waals surface area (Å²) in [6.07, 6.45) is -3.86. The molecule has 1 rings (SSSR count). The molecule has 3 nitrogen and oxygen atoms in total. The number of hydrogen-bond acceptors (Lipinski definition) is 3. The molecule has 0 spiro atoms. The molecule has 0 aromatic heterocycles. The third kappa shape index (κ3) is 4.21. The van der Waals surface area contributed by atoms with Crippen LogP contribution in [0.5, 0.6) is 0 Å². The molecule has 1 aromatic carbocycles. The summed E-state index contributed by atoms with van der Waals surface area (Å²) in [5.41, 5.74) is 4.80. The Hall–Kier alpha value is -1.08. The Bertz CT molecular complexity index is 555. The zero-order valence-electron chi connectivity index (χ0n) is 11.3. The monoisotopic (exact) mass is 309 g/mol. The van der Waals surface area contributed by atoms with Crippen molar-refractivity contribution in [3.8, 4) is 0 Å². The highest BCUT2D eigenvalue weighted by atomic mass is 32.2. The minimum absolute atomic E-state index is 0.0180. The summed E-state index contributed by atoms with van der Waals surface area (Å²) in [5, 5.41) is 0. The van der Waals surface area contributed by atoms with Crippen LogP contribution in [0, 0.1) is 5.92 Å². The minimum atomic E-state index is -4.57. The zero-order chi connectivity index (χ0) is 15.6. The van der Waals surface area contributed by atoms with Gasteiger partial charge in [0.25, 0.3) is 0 Å². The predicted molar refractivity (Wildman–Crippen MR) is 70.9 cm³/mol. The highest BCUT2D eigenvalue weighted by Gasteiger charge is 2.32. The molecule has 0 saturated carbocycles. The van der Waals surface area contributed by atoms with E-state index in [1.807, 2.05) is 13.8 Å². The van der Waals surface area contributed by atoms with Crippen molar-refractivity contribution in [1.82, 2.24) is 0 Å². The van der Waals surface area contributed by atoms with E-state index in [0.717, 1.165) is 18.2 Å². The Morgan fingerprint density at radius 2 is 1.90 bits per heavy atom. The van der Waals surface area contributed by atoms with Gasteiger partial charge in [0, 0.05) is 6.04 Å². The first-order valence-corrected chi connectivity index (χ1v) is 7.88. The zero-order valence-corrected chi connectivity index (χ0v) is 12.1. The van der Waals surface area contributed by atoms with E-state index in [2.05, 4.69) is 0 Å². The quantitative estimate of drug-likeness (QED) is 0.910. The molecular formula is C13H18F3NO2S. The van der Waals surface area contributed by atoms with Crippen molar-refractivity contribution in [2.75, 3.05) is 5.75 Å². The molecule has 114 valence electrons. The van der Waals surface area contributed by atoms with Gasteiger partial charge in [0.15, 0.2) is 9.84 Å². The lowest BCUT2D eigenvalue weighted by Gasteiger charge is -2.18. The van der Waals surface area contributed by atoms with Crippen LogP contribution in [0.25, 0.3) is 0 Å². The summed E-state index contributed by atoms with van der Waals surface area (Å²) in [5.74, 6) is -0.376. The van der Waals surface area contributed by atoms with Gasteiger partial charge in [0.1, 0.15) is 0 Å². The van der Waals surface area contributed by atoms with Crippen molar-refractivity contribution in [1.29, 1.82) is 0 Å². The van der Waals surface area contributed by atoms with Crippen LogP contribution in [0.4, 0.5) is 13.2 Å². The molecule has 20 heavy (non-hydrogen) atoms. The fourth-order valence-electron chi connectivity index (χ4n) is 1.68. The largest absolute Gasteiger partial charge is 0.416 e. The van der Waals surface area contributed by atoms with Crippen LogP contribution in [0.15, 0.2) is 29.2 Å². The first kappa shape index (κ1) is 17.0. The number of alkyl halides is 3. The number of nitrogens with two attached hydrogens (primary N) is 1. The molecule has 1 aromatic rings. The van der Waals surface area contributed by atoms with Crippen molar-refractivity contribution in [2.45, 2.75) is 37.4 Å². The molecule has 0 amide bonds. The highest BCUT2D eigenvalue weighted by molar-refractivity contribution is 7.91. The molecule has 0 aliphatic rings. The lowest BCUT2D eigenvalue weighted by molar-refractivity contribution is -0.137. The van der Waals surface area contributed by atoms with Crippen molar-refractivity contribution < 1.29 is 21.6 Å². The third-order valence-electron chi connectivity index (χ3n) is 3.31. The second kappa shape index (κ2) is 6.13. The summed E-state index contributed by atoms with van der Waals surface area (Å²) < 4.78 is 61.9. The Kier molecular flexibility index (Phi) is 5.21. The molecule has 0 aliphatic heterocycles. The summed E-state index contributed by atoms with van der Waals surface area (Å²) in [6, 6.07) is 3.14. The maximum Gasteiger partial charge on any atom is 0.416 e. The SMILES string of the molecule is CCC(C)C(N)CS(=O)(=O)c1cccc(C(F)(F)F)c1. The maximum atomic E-state index is 12.6. The fraction of sp³-hybridized carbons (Fsp3) is 0.538. The minimum Gasteiger partial charge on any atom is -0.327 e. The first-order valence-electron chi connectivity index (χ1n) is 6.23. The predicted octanol–water partition coefficient (Wildman–Crippen LogP) is 2.85. The third-order valence-corrected chi connectivity index (χ3v) is 5.10.